The third kappa shape index (κ3) is 8.32. The zero-order chi connectivity index (χ0) is 17.2. The number of aryl methyl sites for hydroxylation is 1. The second kappa shape index (κ2) is 9.97. The number of carbonyl (C=O) groups excluding carboxylic acids is 2. The number of hydrogen-bond acceptors (Lipinski definition) is 4. The minimum atomic E-state index is -1.23. The molecule has 0 saturated heterocycles. The van der Waals surface area contributed by atoms with Gasteiger partial charge >= 0.3 is 0 Å². The van der Waals surface area contributed by atoms with Gasteiger partial charge in [0, 0.05) is 12.1 Å². The quantitative estimate of drug-likeness (QED) is 0.584. The van der Waals surface area contributed by atoms with Gasteiger partial charge in [0.1, 0.15) is 6.04 Å². The second-order valence-electron chi connectivity index (χ2n) is 5.84. The number of anilines is 1. The fourth-order valence-electron chi connectivity index (χ4n) is 2.03. The number of rotatable bonds is 10. The van der Waals surface area contributed by atoms with Crippen molar-refractivity contribution in [1.29, 1.82) is 0 Å². The van der Waals surface area contributed by atoms with E-state index in [2.05, 4.69) is 5.32 Å². The molecule has 0 bridgehead atoms. The smallest absolute Gasteiger partial charge is 0.230 e. The number of nitrogens with one attached hydrogen (secondary N) is 1. The van der Waals surface area contributed by atoms with Gasteiger partial charge in [-0.2, -0.15) is 0 Å². The Balaban J connectivity index is 2.37. The molecule has 1 aromatic rings. The Morgan fingerprint density at radius 1 is 1.26 bits per heavy atom. The highest BCUT2D eigenvalue weighted by molar-refractivity contribution is 5.93. The van der Waals surface area contributed by atoms with Crippen molar-refractivity contribution >= 4 is 17.6 Å². The van der Waals surface area contributed by atoms with Crippen LogP contribution in [0, 0.1) is 6.92 Å². The molecule has 23 heavy (non-hydrogen) atoms. The van der Waals surface area contributed by atoms with Crippen molar-refractivity contribution in [1.82, 2.24) is 0 Å². The fourth-order valence-corrected chi connectivity index (χ4v) is 2.03. The summed E-state index contributed by atoms with van der Waals surface area (Å²) in [6.45, 7) is 6.99. The van der Waals surface area contributed by atoms with Crippen LogP contribution < -0.4 is 15.7 Å². The van der Waals surface area contributed by atoms with E-state index in [0.29, 0.717) is 18.8 Å². The van der Waals surface area contributed by atoms with Crippen LogP contribution in [0.5, 0.6) is 0 Å². The predicted molar refractivity (Wildman–Crippen MR) is 85.7 cm³/mol. The highest BCUT2D eigenvalue weighted by atomic mass is 16.5. The van der Waals surface area contributed by atoms with Crippen molar-refractivity contribution in [2.75, 3.05) is 18.5 Å². The predicted octanol–water partition coefficient (Wildman–Crippen LogP) is -0.179. The van der Waals surface area contributed by atoms with Gasteiger partial charge in [0.05, 0.1) is 31.6 Å². The Kier molecular flexibility index (Phi) is 8.29. The molecule has 0 aliphatic heterocycles. The number of aliphatic carboxylic acids is 1. The number of hydrogen-bond donors (Lipinski definition) is 2. The number of carboxylic acid groups (broad SMARTS) is 1. The number of amides is 1. The van der Waals surface area contributed by atoms with Gasteiger partial charge in [-0.3, -0.25) is 4.79 Å². The molecule has 0 fully saturated rings. The summed E-state index contributed by atoms with van der Waals surface area (Å²) in [7, 11) is 0. The molecule has 0 aromatic heterocycles. The van der Waals surface area contributed by atoms with Gasteiger partial charge < -0.3 is 25.3 Å². The summed E-state index contributed by atoms with van der Waals surface area (Å²) in [5, 5.41) is 15.5. The lowest BCUT2D eigenvalue weighted by Gasteiger charge is -2.16. The third-order valence-corrected chi connectivity index (χ3v) is 3.29. The summed E-state index contributed by atoms with van der Waals surface area (Å²) in [6, 6.07) is 6.45. The van der Waals surface area contributed by atoms with E-state index in [1.54, 1.807) is 17.4 Å². The van der Waals surface area contributed by atoms with Crippen molar-refractivity contribution in [3.05, 3.63) is 29.8 Å². The van der Waals surface area contributed by atoms with E-state index in [1.807, 2.05) is 32.9 Å². The molecule has 0 aliphatic rings. The lowest BCUT2D eigenvalue weighted by atomic mass is 10.1. The minimum Gasteiger partial charge on any atom is -0.544 e. The van der Waals surface area contributed by atoms with Gasteiger partial charge in [-0.05, 0) is 32.9 Å². The lowest BCUT2D eigenvalue weighted by molar-refractivity contribution is -0.682. The molecule has 6 nitrogen and oxygen atoms in total. The Morgan fingerprint density at radius 2 is 1.91 bits per heavy atom. The zero-order valence-corrected chi connectivity index (χ0v) is 14.0. The molecule has 0 spiro atoms. The maximum atomic E-state index is 11.9. The van der Waals surface area contributed by atoms with Gasteiger partial charge in [-0.25, -0.2) is 0 Å². The Morgan fingerprint density at radius 3 is 2.48 bits per heavy atom. The molecule has 128 valence electrons. The average molecular weight is 322 g/mol. The van der Waals surface area contributed by atoms with E-state index in [1.165, 1.54) is 0 Å². The third-order valence-electron chi connectivity index (χ3n) is 3.29. The van der Waals surface area contributed by atoms with Crippen LogP contribution >= 0.6 is 0 Å². The Hall–Kier alpha value is -1.92. The average Bonchev–Trinajstić information content (AvgIpc) is 2.47. The summed E-state index contributed by atoms with van der Waals surface area (Å²) in [5.41, 5.74) is 1.75. The van der Waals surface area contributed by atoms with Crippen molar-refractivity contribution in [3.63, 3.8) is 0 Å². The summed E-state index contributed by atoms with van der Waals surface area (Å²) >= 11 is 0. The van der Waals surface area contributed by atoms with Crippen molar-refractivity contribution < 1.29 is 24.7 Å². The highest BCUT2D eigenvalue weighted by Crippen LogP contribution is 2.08. The standard InChI is InChI=1S/C17H26N2O4/c1-12(2)23-10-4-9-18-15(17(21)22)11-16(20)19-14-7-5-13(3)6-8-14/h5-8,12,15,18H,4,9-11H2,1-3H3,(H,19,20)(H,21,22)/t15-/m0/s1. The summed E-state index contributed by atoms with van der Waals surface area (Å²) < 4.78 is 5.39. The SMILES string of the molecule is Cc1ccc(NC(=O)C[C@H]([NH2+]CCCOC(C)C)C(=O)[O-])cc1. The van der Waals surface area contributed by atoms with Gasteiger partial charge in [0.25, 0.3) is 0 Å². The lowest BCUT2D eigenvalue weighted by Crippen LogP contribution is -2.93. The van der Waals surface area contributed by atoms with Crippen LogP contribution in [-0.4, -0.2) is 37.2 Å². The minimum absolute atomic E-state index is 0.124. The number of carboxylic acids is 1. The normalized spacial score (nSPS) is 12.2. The molecule has 0 aliphatic carbocycles. The molecule has 1 rings (SSSR count). The fraction of sp³-hybridized carbons (Fsp3) is 0.529. The maximum Gasteiger partial charge on any atom is 0.230 e. The van der Waals surface area contributed by atoms with Gasteiger partial charge in [0.15, 0.2) is 0 Å². The van der Waals surface area contributed by atoms with Crippen LogP contribution in [0.4, 0.5) is 5.69 Å². The van der Waals surface area contributed by atoms with E-state index in [0.717, 1.165) is 12.0 Å². The van der Waals surface area contributed by atoms with Crippen LogP contribution in [-0.2, 0) is 14.3 Å². The molecule has 0 unspecified atom stereocenters. The van der Waals surface area contributed by atoms with Crippen LogP contribution in [0.2, 0.25) is 0 Å². The van der Waals surface area contributed by atoms with E-state index in [-0.39, 0.29) is 18.4 Å². The number of benzene rings is 1. The van der Waals surface area contributed by atoms with E-state index >= 15 is 0 Å². The number of ether oxygens (including phenoxy) is 1. The number of quaternary nitrogens is 1. The molecule has 6 heteroatoms. The first-order valence-electron chi connectivity index (χ1n) is 7.90. The van der Waals surface area contributed by atoms with Gasteiger partial charge in [-0.15, -0.1) is 0 Å². The molecule has 1 amide bonds. The van der Waals surface area contributed by atoms with Crippen LogP contribution in [0.1, 0.15) is 32.3 Å². The number of nitrogens with two attached hydrogens (primary N) is 1. The maximum absolute atomic E-state index is 11.9. The zero-order valence-electron chi connectivity index (χ0n) is 14.0. The number of carbonyl (C=O) groups is 2. The van der Waals surface area contributed by atoms with E-state index in [4.69, 9.17) is 4.74 Å². The largest absolute Gasteiger partial charge is 0.544 e. The van der Waals surface area contributed by atoms with E-state index in [9.17, 15) is 14.7 Å². The molecule has 1 atom stereocenters. The molecule has 3 N–H and O–H groups in total. The van der Waals surface area contributed by atoms with Crippen LogP contribution in [0.25, 0.3) is 0 Å². The Bertz CT molecular complexity index is 500. The van der Waals surface area contributed by atoms with Crippen molar-refractivity contribution in [3.8, 4) is 0 Å². The molecular formula is C17H26N2O4. The first-order chi connectivity index (χ1) is 10.9. The Labute approximate surface area is 137 Å². The van der Waals surface area contributed by atoms with Gasteiger partial charge in [-0.1, -0.05) is 17.7 Å². The van der Waals surface area contributed by atoms with E-state index < -0.39 is 12.0 Å². The molecular weight excluding hydrogens is 296 g/mol. The van der Waals surface area contributed by atoms with Crippen molar-refractivity contribution in [2.45, 2.75) is 45.8 Å². The second-order valence-corrected chi connectivity index (χ2v) is 5.84. The molecule has 0 heterocycles. The molecule has 1 aromatic carbocycles. The molecule has 0 saturated carbocycles. The summed E-state index contributed by atoms with van der Waals surface area (Å²) in [4.78, 5) is 23.1. The topological polar surface area (TPSA) is 95.1 Å². The van der Waals surface area contributed by atoms with Crippen LogP contribution in [0.15, 0.2) is 24.3 Å². The van der Waals surface area contributed by atoms with Crippen molar-refractivity contribution in [2.24, 2.45) is 0 Å². The summed E-state index contributed by atoms with van der Waals surface area (Å²) in [5.74, 6) is -1.56. The van der Waals surface area contributed by atoms with Gasteiger partial charge in [0.2, 0.25) is 5.91 Å². The molecule has 0 radical (unpaired) electrons. The first-order valence-corrected chi connectivity index (χ1v) is 7.90. The monoisotopic (exact) mass is 322 g/mol. The first kappa shape index (κ1) is 19.1. The summed E-state index contributed by atoms with van der Waals surface area (Å²) in [6.07, 6.45) is 0.759. The highest BCUT2D eigenvalue weighted by Gasteiger charge is 2.18. The van der Waals surface area contributed by atoms with Crippen LogP contribution in [0.3, 0.4) is 0 Å².